The van der Waals surface area contributed by atoms with Crippen LogP contribution in [0.2, 0.25) is 0 Å². The summed E-state index contributed by atoms with van der Waals surface area (Å²) in [5, 5.41) is -0.298. The van der Waals surface area contributed by atoms with E-state index >= 15 is 0 Å². The summed E-state index contributed by atoms with van der Waals surface area (Å²) < 4.78 is 0. The third-order valence-electron chi connectivity index (χ3n) is 3.35. The third kappa shape index (κ3) is 3.88. The largest absolute Gasteiger partial charge is 0.350 e. The van der Waals surface area contributed by atoms with E-state index in [0.29, 0.717) is 16.5 Å². The molecule has 0 aliphatic carbocycles. The highest BCUT2D eigenvalue weighted by Gasteiger charge is 2.34. The quantitative estimate of drug-likeness (QED) is 0.668. The smallest absolute Gasteiger partial charge is 0.329 e. The molecule has 0 radical (unpaired) electrons. The van der Waals surface area contributed by atoms with Crippen LogP contribution in [0.1, 0.15) is 43.1 Å². The molecular weight excluding hydrogens is 302 g/mol. The molecule has 0 spiro atoms. The minimum absolute atomic E-state index is 0.0766. The number of benzene rings is 1. The lowest BCUT2D eigenvalue weighted by Crippen LogP contribution is -2.33. The van der Waals surface area contributed by atoms with Gasteiger partial charge in [0.15, 0.2) is 0 Å². The van der Waals surface area contributed by atoms with Crippen LogP contribution in [-0.4, -0.2) is 22.8 Å². The number of amides is 2. The molecule has 0 saturated carbocycles. The number of carbonyl (C=O) groups excluding carboxylic acids is 3. The zero-order valence-corrected chi connectivity index (χ0v) is 13.5. The predicted molar refractivity (Wildman–Crippen MR) is 83.9 cm³/mol. The fraction of sp³-hybridized carbons (Fsp3) is 0.438. The van der Waals surface area contributed by atoms with Gasteiger partial charge in [-0.05, 0) is 23.5 Å². The van der Waals surface area contributed by atoms with Crippen LogP contribution in [-0.2, 0) is 25.6 Å². The van der Waals surface area contributed by atoms with Crippen molar-refractivity contribution in [1.82, 2.24) is 5.06 Å². The molecule has 0 bridgehead atoms. The summed E-state index contributed by atoms with van der Waals surface area (Å²) in [4.78, 5) is 39.7. The lowest BCUT2D eigenvalue weighted by atomic mass is 10.0. The summed E-state index contributed by atoms with van der Waals surface area (Å²) in [6, 6.07) is 7.50. The van der Waals surface area contributed by atoms with Gasteiger partial charge in [-0.2, -0.15) is 12.6 Å². The van der Waals surface area contributed by atoms with Gasteiger partial charge in [-0.3, -0.25) is 9.59 Å². The molecule has 1 aliphatic rings. The first-order valence-electron chi connectivity index (χ1n) is 7.23. The molecular formula is C16H19NO4S. The zero-order valence-electron chi connectivity index (χ0n) is 12.6. The summed E-state index contributed by atoms with van der Waals surface area (Å²) in [5.41, 5.74) is 1.84. The average molecular weight is 321 g/mol. The van der Waals surface area contributed by atoms with Crippen molar-refractivity contribution in [3.8, 4) is 0 Å². The highest BCUT2D eigenvalue weighted by Crippen LogP contribution is 2.24. The van der Waals surface area contributed by atoms with E-state index in [-0.39, 0.29) is 12.8 Å². The van der Waals surface area contributed by atoms with E-state index in [0.717, 1.165) is 6.42 Å². The van der Waals surface area contributed by atoms with Gasteiger partial charge < -0.3 is 4.84 Å². The van der Waals surface area contributed by atoms with Crippen molar-refractivity contribution in [2.45, 2.75) is 38.4 Å². The van der Waals surface area contributed by atoms with Crippen molar-refractivity contribution in [3.05, 3.63) is 35.4 Å². The zero-order chi connectivity index (χ0) is 16.3. The van der Waals surface area contributed by atoms with Gasteiger partial charge in [0.2, 0.25) is 0 Å². The van der Waals surface area contributed by atoms with E-state index in [9.17, 15) is 14.4 Å². The maximum Gasteiger partial charge on any atom is 0.350 e. The average Bonchev–Trinajstić information content (AvgIpc) is 2.78. The van der Waals surface area contributed by atoms with Gasteiger partial charge in [0.05, 0.1) is 0 Å². The summed E-state index contributed by atoms with van der Waals surface area (Å²) in [7, 11) is 0. The first kappa shape index (κ1) is 16.5. The van der Waals surface area contributed by atoms with Gasteiger partial charge in [0.25, 0.3) is 11.8 Å². The van der Waals surface area contributed by atoms with E-state index in [4.69, 9.17) is 4.84 Å². The van der Waals surface area contributed by atoms with Gasteiger partial charge in [-0.1, -0.05) is 38.1 Å². The Morgan fingerprint density at radius 1 is 1.18 bits per heavy atom. The molecule has 118 valence electrons. The number of hydrogen-bond donors (Lipinski definition) is 1. The Balaban J connectivity index is 2.01. The lowest BCUT2D eigenvalue weighted by molar-refractivity contribution is -0.197. The Morgan fingerprint density at radius 2 is 1.73 bits per heavy atom. The van der Waals surface area contributed by atoms with Crippen molar-refractivity contribution in [2.24, 2.45) is 5.92 Å². The van der Waals surface area contributed by atoms with Gasteiger partial charge in [0.1, 0.15) is 5.25 Å². The van der Waals surface area contributed by atoms with Crippen molar-refractivity contribution >= 4 is 30.4 Å². The van der Waals surface area contributed by atoms with Crippen LogP contribution in [0, 0.1) is 5.92 Å². The highest BCUT2D eigenvalue weighted by atomic mass is 32.1. The number of rotatable bonds is 5. The minimum atomic E-state index is -0.839. The molecule has 1 aromatic carbocycles. The minimum Gasteiger partial charge on any atom is -0.329 e. The second-order valence-corrected chi connectivity index (χ2v) is 6.25. The fourth-order valence-corrected chi connectivity index (χ4v) is 2.46. The number of nitrogens with zero attached hydrogens (tertiary/aromatic N) is 1. The number of imide groups is 1. The SMILES string of the molecule is CC(C)Cc1ccc(C(S)C(=O)ON2C(=O)CCC2=O)cc1. The maximum absolute atomic E-state index is 12.0. The molecule has 0 N–H and O–H groups in total. The Bertz CT molecular complexity index is 566. The molecule has 1 aliphatic heterocycles. The molecule has 0 aromatic heterocycles. The second kappa shape index (κ2) is 6.96. The van der Waals surface area contributed by atoms with Crippen LogP contribution in [0.25, 0.3) is 0 Å². The van der Waals surface area contributed by atoms with Crippen LogP contribution < -0.4 is 0 Å². The van der Waals surface area contributed by atoms with Crippen LogP contribution in [0.5, 0.6) is 0 Å². The van der Waals surface area contributed by atoms with E-state index in [1.165, 1.54) is 5.56 Å². The molecule has 1 saturated heterocycles. The molecule has 6 heteroatoms. The number of thiol groups is 1. The molecule has 2 rings (SSSR count). The van der Waals surface area contributed by atoms with Gasteiger partial charge in [-0.25, -0.2) is 4.79 Å². The molecule has 1 aromatic rings. The number of hydroxylamine groups is 2. The first-order chi connectivity index (χ1) is 10.4. The Morgan fingerprint density at radius 3 is 2.23 bits per heavy atom. The molecule has 1 unspecified atom stereocenters. The van der Waals surface area contributed by atoms with E-state index in [2.05, 4.69) is 26.5 Å². The third-order valence-corrected chi connectivity index (χ3v) is 3.86. The topological polar surface area (TPSA) is 63.7 Å². The van der Waals surface area contributed by atoms with Crippen LogP contribution in [0.15, 0.2) is 24.3 Å². The van der Waals surface area contributed by atoms with Gasteiger partial charge in [-0.15, -0.1) is 5.06 Å². The Hall–Kier alpha value is -1.82. The van der Waals surface area contributed by atoms with Crippen LogP contribution >= 0.6 is 12.6 Å². The van der Waals surface area contributed by atoms with Crippen molar-refractivity contribution < 1.29 is 19.2 Å². The second-order valence-electron chi connectivity index (χ2n) is 5.73. The van der Waals surface area contributed by atoms with Gasteiger partial charge in [0, 0.05) is 12.8 Å². The molecule has 5 nitrogen and oxygen atoms in total. The lowest BCUT2D eigenvalue weighted by Gasteiger charge is -2.16. The first-order valence-corrected chi connectivity index (χ1v) is 7.74. The molecule has 1 atom stereocenters. The molecule has 1 fully saturated rings. The van der Waals surface area contributed by atoms with Crippen molar-refractivity contribution in [3.63, 3.8) is 0 Å². The molecule has 1 heterocycles. The summed E-state index contributed by atoms with van der Waals surface area (Å²) in [5.74, 6) is -1.17. The summed E-state index contributed by atoms with van der Waals surface area (Å²) >= 11 is 4.23. The van der Waals surface area contributed by atoms with E-state index < -0.39 is 23.0 Å². The van der Waals surface area contributed by atoms with Crippen molar-refractivity contribution in [1.29, 1.82) is 0 Å². The predicted octanol–water partition coefficient (Wildman–Crippen LogP) is 2.46. The standard InChI is InChI=1S/C16H19NO4S/c1-10(2)9-11-3-5-12(6-4-11)15(22)16(20)21-17-13(18)7-8-14(17)19/h3-6,10,15,22H,7-9H2,1-2H3. The fourth-order valence-electron chi connectivity index (χ4n) is 2.24. The monoisotopic (exact) mass is 321 g/mol. The number of carbonyl (C=O) groups is 3. The summed E-state index contributed by atoms with van der Waals surface area (Å²) in [6.45, 7) is 4.27. The van der Waals surface area contributed by atoms with E-state index in [1.54, 1.807) is 0 Å². The van der Waals surface area contributed by atoms with E-state index in [1.807, 2.05) is 24.3 Å². The normalized spacial score (nSPS) is 16.3. The molecule has 22 heavy (non-hydrogen) atoms. The molecule has 2 amide bonds. The highest BCUT2D eigenvalue weighted by molar-refractivity contribution is 7.81. The Kier molecular flexibility index (Phi) is 5.24. The van der Waals surface area contributed by atoms with Crippen molar-refractivity contribution in [2.75, 3.05) is 0 Å². The van der Waals surface area contributed by atoms with Crippen LogP contribution in [0.4, 0.5) is 0 Å². The summed E-state index contributed by atoms with van der Waals surface area (Å²) in [6.07, 6.45) is 1.11. The number of hydrogen-bond acceptors (Lipinski definition) is 5. The Labute approximate surface area is 135 Å². The maximum atomic E-state index is 12.0. The van der Waals surface area contributed by atoms with Crippen LogP contribution in [0.3, 0.4) is 0 Å². The van der Waals surface area contributed by atoms with Gasteiger partial charge >= 0.3 is 5.97 Å².